The highest BCUT2D eigenvalue weighted by molar-refractivity contribution is 4.81. The van der Waals surface area contributed by atoms with Crippen molar-refractivity contribution in [1.29, 1.82) is 0 Å². The van der Waals surface area contributed by atoms with E-state index in [4.69, 9.17) is 0 Å². The Balaban J connectivity index is 1.79. The van der Waals surface area contributed by atoms with Gasteiger partial charge in [-0.25, -0.2) is 0 Å². The lowest BCUT2D eigenvalue weighted by Gasteiger charge is -2.30. The zero-order valence-electron chi connectivity index (χ0n) is 16.2. The van der Waals surface area contributed by atoms with Crippen LogP contribution in [0.25, 0.3) is 0 Å². The zero-order valence-corrected chi connectivity index (χ0v) is 16.2. The van der Waals surface area contributed by atoms with E-state index in [0.29, 0.717) is 5.41 Å². The van der Waals surface area contributed by atoms with Crippen molar-refractivity contribution in [3.63, 3.8) is 0 Å². The molecule has 0 nitrogen and oxygen atoms in total. The lowest BCUT2D eigenvalue weighted by Crippen LogP contribution is -2.19. The lowest BCUT2D eigenvalue weighted by atomic mass is 9.76. The summed E-state index contributed by atoms with van der Waals surface area (Å²) in [6, 6.07) is 0. The molecule has 2 saturated carbocycles. The molecule has 130 valence electrons. The van der Waals surface area contributed by atoms with Crippen molar-refractivity contribution in [2.45, 2.75) is 105 Å². The van der Waals surface area contributed by atoms with Gasteiger partial charge in [0.1, 0.15) is 0 Å². The Kier molecular flexibility index (Phi) is 6.84. The van der Waals surface area contributed by atoms with E-state index in [2.05, 4.69) is 34.6 Å². The van der Waals surface area contributed by atoms with Gasteiger partial charge < -0.3 is 0 Å². The molecule has 2 aliphatic carbocycles. The van der Waals surface area contributed by atoms with Crippen LogP contribution < -0.4 is 0 Å². The molecule has 4 unspecified atom stereocenters. The predicted octanol–water partition coefficient (Wildman–Crippen LogP) is 7.47. The molecule has 4 atom stereocenters. The molecular formula is C22H42. The van der Waals surface area contributed by atoms with Crippen LogP contribution in [-0.2, 0) is 0 Å². The summed E-state index contributed by atoms with van der Waals surface area (Å²) in [6.07, 6.45) is 16.7. The highest BCUT2D eigenvalue weighted by atomic mass is 14.3. The maximum atomic E-state index is 2.45. The van der Waals surface area contributed by atoms with E-state index in [-0.39, 0.29) is 0 Å². The molecule has 22 heavy (non-hydrogen) atoms. The number of hydrogen-bond donors (Lipinski definition) is 0. The van der Waals surface area contributed by atoms with Crippen molar-refractivity contribution >= 4 is 0 Å². The summed E-state index contributed by atoms with van der Waals surface area (Å²) in [7, 11) is 0. The van der Waals surface area contributed by atoms with Crippen LogP contribution in [0.1, 0.15) is 105 Å². The summed E-state index contributed by atoms with van der Waals surface area (Å²) in [6.45, 7) is 12.2. The van der Waals surface area contributed by atoms with Crippen LogP contribution in [0, 0.1) is 35.0 Å². The van der Waals surface area contributed by atoms with Crippen LogP contribution in [0.5, 0.6) is 0 Å². The second-order valence-corrected chi connectivity index (χ2v) is 10.1. The molecule has 0 aromatic heterocycles. The molecule has 0 bridgehead atoms. The van der Waals surface area contributed by atoms with E-state index >= 15 is 0 Å². The van der Waals surface area contributed by atoms with E-state index in [9.17, 15) is 0 Å². The van der Waals surface area contributed by atoms with E-state index in [1.807, 2.05) is 0 Å². The topological polar surface area (TPSA) is 0 Å². The standard InChI is InChI=1S/C22H42/c1-17(2)20-10-6-8-18(12-14-20)16-19-9-7-11-21(15-13-19)22(3,4)5/h17-21H,6-16H2,1-5H3. The Hall–Kier alpha value is 0. The van der Waals surface area contributed by atoms with Gasteiger partial charge in [-0.05, 0) is 60.7 Å². The number of rotatable bonds is 3. The molecule has 0 aliphatic heterocycles. The molecule has 0 aromatic carbocycles. The van der Waals surface area contributed by atoms with Crippen LogP contribution in [0.15, 0.2) is 0 Å². The normalized spacial score (nSPS) is 35.2. The van der Waals surface area contributed by atoms with Crippen molar-refractivity contribution in [1.82, 2.24) is 0 Å². The molecular weight excluding hydrogens is 264 g/mol. The molecule has 0 radical (unpaired) electrons. The van der Waals surface area contributed by atoms with Crippen molar-refractivity contribution in [2.24, 2.45) is 35.0 Å². The fourth-order valence-corrected chi connectivity index (χ4v) is 5.26. The molecule has 0 spiro atoms. The Morgan fingerprint density at radius 1 is 0.727 bits per heavy atom. The van der Waals surface area contributed by atoms with E-state index in [0.717, 1.165) is 29.6 Å². The first-order chi connectivity index (χ1) is 10.4. The third kappa shape index (κ3) is 5.57. The molecule has 0 heterocycles. The monoisotopic (exact) mass is 306 g/mol. The fraction of sp³-hybridized carbons (Fsp3) is 1.00. The smallest absolute Gasteiger partial charge is 0.0354 e. The highest BCUT2D eigenvalue weighted by Gasteiger charge is 2.29. The van der Waals surface area contributed by atoms with Crippen LogP contribution in [0.3, 0.4) is 0 Å². The van der Waals surface area contributed by atoms with E-state index in [1.54, 1.807) is 6.42 Å². The van der Waals surface area contributed by atoms with Crippen LogP contribution >= 0.6 is 0 Å². The summed E-state index contributed by atoms with van der Waals surface area (Å²) in [5.41, 5.74) is 0.529. The molecule has 0 amide bonds. The second-order valence-electron chi connectivity index (χ2n) is 10.1. The summed E-state index contributed by atoms with van der Waals surface area (Å²) in [4.78, 5) is 0. The highest BCUT2D eigenvalue weighted by Crippen LogP contribution is 2.41. The largest absolute Gasteiger partial charge is 0.0625 e. The minimum absolute atomic E-state index is 0.529. The second kappa shape index (κ2) is 8.20. The fourth-order valence-electron chi connectivity index (χ4n) is 5.26. The van der Waals surface area contributed by atoms with Crippen molar-refractivity contribution in [2.75, 3.05) is 0 Å². The molecule has 0 aromatic rings. The maximum Gasteiger partial charge on any atom is -0.0354 e. The summed E-state index contributed by atoms with van der Waals surface area (Å²) < 4.78 is 0. The van der Waals surface area contributed by atoms with Gasteiger partial charge in [-0.1, -0.05) is 79.6 Å². The summed E-state index contributed by atoms with van der Waals surface area (Å²) in [5, 5.41) is 0. The molecule has 2 aliphatic rings. The van der Waals surface area contributed by atoms with Crippen molar-refractivity contribution in [3.8, 4) is 0 Å². The average Bonchev–Trinajstić information content (AvgIpc) is 2.79. The summed E-state index contributed by atoms with van der Waals surface area (Å²) in [5.74, 6) is 5.00. The molecule has 0 saturated heterocycles. The van der Waals surface area contributed by atoms with E-state index in [1.165, 1.54) is 64.2 Å². The Bertz CT molecular complexity index is 308. The van der Waals surface area contributed by atoms with Gasteiger partial charge in [0.25, 0.3) is 0 Å². The van der Waals surface area contributed by atoms with Crippen molar-refractivity contribution in [3.05, 3.63) is 0 Å². The molecule has 2 rings (SSSR count). The van der Waals surface area contributed by atoms with Gasteiger partial charge in [0, 0.05) is 0 Å². The minimum Gasteiger partial charge on any atom is -0.0625 e. The third-order valence-corrected chi connectivity index (χ3v) is 7.06. The van der Waals surface area contributed by atoms with Gasteiger partial charge in [-0.3, -0.25) is 0 Å². The Labute approximate surface area is 140 Å². The van der Waals surface area contributed by atoms with Gasteiger partial charge in [0.05, 0.1) is 0 Å². The Morgan fingerprint density at radius 2 is 1.32 bits per heavy atom. The molecule has 0 heteroatoms. The molecule has 2 fully saturated rings. The zero-order chi connectivity index (χ0) is 16.2. The minimum atomic E-state index is 0.529. The lowest BCUT2D eigenvalue weighted by molar-refractivity contribution is 0.210. The van der Waals surface area contributed by atoms with Crippen LogP contribution in [0.4, 0.5) is 0 Å². The van der Waals surface area contributed by atoms with Crippen LogP contribution in [0.2, 0.25) is 0 Å². The first-order valence-electron chi connectivity index (χ1n) is 10.4. The SMILES string of the molecule is CC(C)C1CCCC(CC2CCCC(C(C)(C)C)CC2)CC1. The Morgan fingerprint density at radius 3 is 1.91 bits per heavy atom. The van der Waals surface area contributed by atoms with Crippen molar-refractivity contribution < 1.29 is 0 Å². The van der Waals surface area contributed by atoms with Gasteiger partial charge in [0.2, 0.25) is 0 Å². The third-order valence-electron chi connectivity index (χ3n) is 7.06. The molecule has 0 N–H and O–H groups in total. The van der Waals surface area contributed by atoms with Gasteiger partial charge in [-0.2, -0.15) is 0 Å². The van der Waals surface area contributed by atoms with Crippen LogP contribution in [-0.4, -0.2) is 0 Å². The first-order valence-corrected chi connectivity index (χ1v) is 10.4. The van der Waals surface area contributed by atoms with E-state index < -0.39 is 0 Å². The van der Waals surface area contributed by atoms with Gasteiger partial charge >= 0.3 is 0 Å². The predicted molar refractivity (Wildman–Crippen MR) is 99.0 cm³/mol. The summed E-state index contributed by atoms with van der Waals surface area (Å²) >= 11 is 0. The number of hydrogen-bond acceptors (Lipinski definition) is 0. The maximum absolute atomic E-state index is 2.45. The average molecular weight is 307 g/mol. The van der Waals surface area contributed by atoms with Gasteiger partial charge in [-0.15, -0.1) is 0 Å². The van der Waals surface area contributed by atoms with Gasteiger partial charge in [0.15, 0.2) is 0 Å². The first kappa shape index (κ1) is 18.3. The quantitative estimate of drug-likeness (QED) is 0.474.